The monoisotopic (exact) mass is 297 g/mol. The van der Waals surface area contributed by atoms with Crippen molar-refractivity contribution in [1.29, 1.82) is 0 Å². The van der Waals surface area contributed by atoms with Gasteiger partial charge >= 0.3 is 12.4 Å². The van der Waals surface area contributed by atoms with E-state index in [1.807, 2.05) is 64.1 Å². The van der Waals surface area contributed by atoms with E-state index >= 15 is 0 Å². The highest BCUT2D eigenvalue weighted by Crippen LogP contribution is 2.03. The number of hydroxylamine groups is 2. The zero-order chi connectivity index (χ0) is 16.7. The molecule has 0 amide bonds. The van der Waals surface area contributed by atoms with Gasteiger partial charge in [-0.05, 0) is 27.7 Å². The minimum Gasteiger partial charge on any atom is -0.481 e. The van der Waals surface area contributed by atoms with Gasteiger partial charge in [0.1, 0.15) is 0 Å². The average Bonchev–Trinajstić information content (AvgIpc) is 2.47. The van der Waals surface area contributed by atoms with Gasteiger partial charge in [0.25, 0.3) is 0 Å². The number of carbonyl (C=O) groups excluding carboxylic acids is 1. The first-order valence-electron chi connectivity index (χ1n) is 6.97. The minimum absolute atomic E-state index is 0.222. The maximum absolute atomic E-state index is 9.96. The maximum atomic E-state index is 9.96. The molecule has 0 bridgehead atoms. The van der Waals surface area contributed by atoms with Gasteiger partial charge in [-0.25, -0.2) is 0 Å². The predicted octanol–water partition coefficient (Wildman–Crippen LogP) is 3.36. The standard InChI is InChI=1S/C7H15NO2.C6H6.C3H6O2/c1-6(2)8(7(3)4)10-5-9;1-2-4-6-5-3-1;1-2-3(4)5/h5-7H,1-4H3;1-6H;2H2,1H3,(H,4,5). The van der Waals surface area contributed by atoms with Crippen molar-refractivity contribution in [2.75, 3.05) is 0 Å². The molecule has 1 N–H and O–H groups in total. The van der Waals surface area contributed by atoms with Gasteiger partial charge in [0.05, 0.1) is 0 Å². The lowest BCUT2D eigenvalue weighted by atomic mass is 10.3. The fourth-order valence-electron chi connectivity index (χ4n) is 1.27. The Morgan fingerprint density at radius 3 is 1.43 bits per heavy atom. The number of carbonyl (C=O) groups is 2. The molecule has 0 saturated carbocycles. The number of carboxylic acid groups (broad SMARTS) is 1. The number of benzene rings is 1. The van der Waals surface area contributed by atoms with E-state index < -0.39 is 5.97 Å². The summed E-state index contributed by atoms with van der Waals surface area (Å²) in [5.41, 5.74) is 0. The Morgan fingerprint density at radius 1 is 1.05 bits per heavy atom. The van der Waals surface area contributed by atoms with Crippen molar-refractivity contribution in [2.24, 2.45) is 0 Å². The smallest absolute Gasteiger partial charge is 0.313 e. The molecular weight excluding hydrogens is 270 g/mol. The lowest BCUT2D eigenvalue weighted by Crippen LogP contribution is -2.36. The topological polar surface area (TPSA) is 66.8 Å². The van der Waals surface area contributed by atoms with Crippen molar-refractivity contribution in [3.63, 3.8) is 0 Å². The van der Waals surface area contributed by atoms with Crippen LogP contribution in [0.4, 0.5) is 0 Å². The van der Waals surface area contributed by atoms with Crippen LogP contribution in [0.3, 0.4) is 0 Å². The molecule has 0 aliphatic carbocycles. The Balaban J connectivity index is 0. The lowest BCUT2D eigenvalue weighted by Gasteiger charge is -2.26. The third-order valence-corrected chi connectivity index (χ3v) is 2.15. The molecule has 0 atom stereocenters. The van der Waals surface area contributed by atoms with E-state index in [2.05, 4.69) is 0 Å². The molecule has 0 spiro atoms. The number of hydrogen-bond donors (Lipinski definition) is 1. The second-order valence-corrected chi connectivity index (χ2v) is 4.65. The van der Waals surface area contributed by atoms with E-state index in [4.69, 9.17) is 9.94 Å². The van der Waals surface area contributed by atoms with E-state index in [1.165, 1.54) is 0 Å². The van der Waals surface area contributed by atoms with Crippen LogP contribution in [0.2, 0.25) is 0 Å². The summed E-state index contributed by atoms with van der Waals surface area (Å²) in [6, 6.07) is 12.5. The zero-order valence-electron chi connectivity index (χ0n) is 13.5. The van der Waals surface area contributed by atoms with E-state index in [9.17, 15) is 9.59 Å². The van der Waals surface area contributed by atoms with Crippen LogP contribution in [0.15, 0.2) is 36.4 Å². The number of aliphatic carboxylic acids is 1. The normalized spacial score (nSPS) is 9.33. The van der Waals surface area contributed by atoms with Gasteiger partial charge in [-0.15, -0.1) is 5.06 Å². The molecule has 5 nitrogen and oxygen atoms in total. The van der Waals surface area contributed by atoms with Gasteiger partial charge < -0.3 is 9.94 Å². The van der Waals surface area contributed by atoms with Crippen LogP contribution < -0.4 is 0 Å². The highest BCUT2D eigenvalue weighted by Gasteiger charge is 2.13. The summed E-state index contributed by atoms with van der Waals surface area (Å²) in [4.78, 5) is 24.0. The molecule has 5 heteroatoms. The molecule has 21 heavy (non-hydrogen) atoms. The number of hydrogen-bond acceptors (Lipinski definition) is 4. The molecule has 1 aromatic rings. The largest absolute Gasteiger partial charge is 0.481 e. The molecule has 0 heterocycles. The summed E-state index contributed by atoms with van der Waals surface area (Å²) < 4.78 is 0. The number of rotatable bonds is 5. The fraction of sp³-hybridized carbons (Fsp3) is 0.500. The highest BCUT2D eigenvalue weighted by atomic mass is 16.7. The van der Waals surface area contributed by atoms with Crippen LogP contribution >= 0.6 is 0 Å². The minimum atomic E-state index is -0.745. The molecule has 1 aromatic carbocycles. The Labute approximate surface area is 127 Å². The van der Waals surface area contributed by atoms with Crippen molar-refractivity contribution in [3.8, 4) is 0 Å². The first-order chi connectivity index (χ1) is 9.86. The predicted molar refractivity (Wildman–Crippen MR) is 83.6 cm³/mol. The molecular formula is C16H27NO4. The summed E-state index contributed by atoms with van der Waals surface area (Å²) in [6.07, 6.45) is 0.222. The van der Waals surface area contributed by atoms with Crippen LogP contribution in [0.1, 0.15) is 41.0 Å². The zero-order valence-corrected chi connectivity index (χ0v) is 13.5. The molecule has 0 fully saturated rings. The highest BCUT2D eigenvalue weighted by molar-refractivity contribution is 5.66. The number of nitrogens with zero attached hydrogens (tertiary/aromatic N) is 1. The van der Waals surface area contributed by atoms with Gasteiger partial charge in [-0.1, -0.05) is 43.3 Å². The van der Waals surface area contributed by atoms with E-state index in [1.54, 1.807) is 12.0 Å². The Bertz CT molecular complexity index is 318. The summed E-state index contributed by atoms with van der Waals surface area (Å²) in [6.45, 7) is 9.96. The lowest BCUT2D eigenvalue weighted by molar-refractivity contribution is -0.193. The molecule has 1 rings (SSSR count). The molecule has 0 unspecified atom stereocenters. The Hall–Kier alpha value is -1.88. The van der Waals surface area contributed by atoms with Crippen molar-refractivity contribution in [1.82, 2.24) is 5.06 Å². The summed E-state index contributed by atoms with van der Waals surface area (Å²) >= 11 is 0. The first kappa shape index (κ1) is 21.4. The SMILES string of the molecule is CC(C)N(OC=O)C(C)C.CCC(=O)O.c1ccccc1. The third kappa shape index (κ3) is 16.1. The molecule has 0 radical (unpaired) electrons. The van der Waals surface area contributed by atoms with Crippen molar-refractivity contribution >= 4 is 12.4 Å². The number of carboxylic acids is 1. The van der Waals surface area contributed by atoms with E-state index in [0.717, 1.165) is 0 Å². The quantitative estimate of drug-likeness (QED) is 0.666. The second kappa shape index (κ2) is 14.5. The van der Waals surface area contributed by atoms with Crippen LogP contribution in [0.25, 0.3) is 0 Å². The van der Waals surface area contributed by atoms with Crippen LogP contribution in [-0.4, -0.2) is 34.7 Å². The van der Waals surface area contributed by atoms with Crippen molar-refractivity contribution in [3.05, 3.63) is 36.4 Å². The molecule has 120 valence electrons. The summed E-state index contributed by atoms with van der Waals surface area (Å²) in [5, 5.41) is 9.37. The van der Waals surface area contributed by atoms with Gasteiger partial charge in [-0.2, -0.15) is 0 Å². The van der Waals surface area contributed by atoms with E-state index in [-0.39, 0.29) is 18.5 Å². The molecule has 0 aliphatic heterocycles. The van der Waals surface area contributed by atoms with Gasteiger partial charge in [0.15, 0.2) is 0 Å². The van der Waals surface area contributed by atoms with Crippen molar-refractivity contribution in [2.45, 2.75) is 53.1 Å². The van der Waals surface area contributed by atoms with Crippen molar-refractivity contribution < 1.29 is 19.5 Å². The molecule has 0 saturated heterocycles. The van der Waals surface area contributed by atoms with Crippen LogP contribution in [0, 0.1) is 0 Å². The average molecular weight is 297 g/mol. The fourth-order valence-corrected chi connectivity index (χ4v) is 1.27. The van der Waals surface area contributed by atoms with Crippen LogP contribution in [0.5, 0.6) is 0 Å². The molecule has 0 aromatic heterocycles. The Morgan fingerprint density at radius 2 is 1.33 bits per heavy atom. The van der Waals surface area contributed by atoms with Gasteiger partial charge in [-0.3, -0.25) is 9.59 Å². The first-order valence-corrected chi connectivity index (χ1v) is 6.97. The summed E-state index contributed by atoms with van der Waals surface area (Å²) in [7, 11) is 0. The second-order valence-electron chi connectivity index (χ2n) is 4.65. The third-order valence-electron chi connectivity index (χ3n) is 2.15. The summed E-state index contributed by atoms with van der Waals surface area (Å²) in [5.74, 6) is -0.745. The molecule has 0 aliphatic rings. The Kier molecular flexibility index (Phi) is 14.8. The van der Waals surface area contributed by atoms with E-state index in [0.29, 0.717) is 6.47 Å². The van der Waals surface area contributed by atoms with Gasteiger partial charge in [0.2, 0.25) is 0 Å². The van der Waals surface area contributed by atoms with Crippen LogP contribution in [-0.2, 0) is 14.4 Å². The van der Waals surface area contributed by atoms with Gasteiger partial charge in [0, 0.05) is 18.5 Å². The maximum Gasteiger partial charge on any atom is 0.313 e.